The fraction of sp³-hybridized carbons (Fsp3) is 0.375. The SMILES string of the molecule is CCOC(=O)C1CC1c1nccn1Cc1ccccc1. The maximum Gasteiger partial charge on any atom is 0.309 e. The molecule has 1 aliphatic carbocycles. The maximum atomic E-state index is 11.7. The van der Waals surface area contributed by atoms with E-state index < -0.39 is 0 Å². The molecule has 1 fully saturated rings. The van der Waals surface area contributed by atoms with Crippen molar-refractivity contribution in [1.29, 1.82) is 0 Å². The van der Waals surface area contributed by atoms with Crippen molar-refractivity contribution in [3.05, 3.63) is 54.1 Å². The van der Waals surface area contributed by atoms with E-state index in [9.17, 15) is 4.79 Å². The van der Waals surface area contributed by atoms with Crippen LogP contribution in [0.15, 0.2) is 42.7 Å². The molecule has 4 heteroatoms. The summed E-state index contributed by atoms with van der Waals surface area (Å²) >= 11 is 0. The molecule has 0 saturated heterocycles. The zero-order valence-electron chi connectivity index (χ0n) is 11.5. The molecule has 1 saturated carbocycles. The molecule has 0 aliphatic heterocycles. The zero-order chi connectivity index (χ0) is 13.9. The molecule has 2 atom stereocenters. The van der Waals surface area contributed by atoms with Crippen molar-refractivity contribution in [2.24, 2.45) is 5.92 Å². The molecule has 20 heavy (non-hydrogen) atoms. The lowest BCUT2D eigenvalue weighted by Crippen LogP contribution is -2.09. The minimum absolute atomic E-state index is 0.00752. The molecule has 3 rings (SSSR count). The molecule has 1 aromatic carbocycles. The van der Waals surface area contributed by atoms with E-state index in [0.717, 1.165) is 18.8 Å². The van der Waals surface area contributed by atoms with Crippen molar-refractivity contribution in [3.8, 4) is 0 Å². The fourth-order valence-electron chi connectivity index (χ4n) is 2.55. The van der Waals surface area contributed by atoms with Gasteiger partial charge in [0.2, 0.25) is 0 Å². The van der Waals surface area contributed by atoms with Gasteiger partial charge in [-0.3, -0.25) is 4.79 Å². The molecule has 0 N–H and O–H groups in total. The van der Waals surface area contributed by atoms with Crippen LogP contribution in [0.25, 0.3) is 0 Å². The first-order chi connectivity index (χ1) is 9.79. The first kappa shape index (κ1) is 12.9. The number of hydrogen-bond donors (Lipinski definition) is 0. The van der Waals surface area contributed by atoms with Crippen LogP contribution in [0.1, 0.15) is 30.7 Å². The quantitative estimate of drug-likeness (QED) is 0.784. The van der Waals surface area contributed by atoms with Crippen molar-refractivity contribution in [2.75, 3.05) is 6.61 Å². The van der Waals surface area contributed by atoms with Gasteiger partial charge in [-0.05, 0) is 18.9 Å². The summed E-state index contributed by atoms with van der Waals surface area (Å²) in [5.74, 6) is 1.11. The first-order valence-corrected chi connectivity index (χ1v) is 7.01. The summed E-state index contributed by atoms with van der Waals surface area (Å²) in [7, 11) is 0. The Bertz CT molecular complexity index is 592. The maximum absolute atomic E-state index is 11.7. The van der Waals surface area contributed by atoms with Crippen LogP contribution in [0.3, 0.4) is 0 Å². The highest BCUT2D eigenvalue weighted by molar-refractivity contribution is 5.77. The summed E-state index contributed by atoms with van der Waals surface area (Å²) < 4.78 is 7.20. The number of carbonyl (C=O) groups excluding carboxylic acids is 1. The van der Waals surface area contributed by atoms with Crippen LogP contribution in [0.5, 0.6) is 0 Å². The van der Waals surface area contributed by atoms with Crippen LogP contribution in [-0.2, 0) is 16.1 Å². The van der Waals surface area contributed by atoms with Crippen LogP contribution in [0.2, 0.25) is 0 Å². The molecule has 0 amide bonds. The Morgan fingerprint density at radius 1 is 1.40 bits per heavy atom. The number of esters is 1. The van der Waals surface area contributed by atoms with Gasteiger partial charge in [-0.15, -0.1) is 0 Å². The van der Waals surface area contributed by atoms with E-state index >= 15 is 0 Å². The molecular weight excluding hydrogens is 252 g/mol. The van der Waals surface area contributed by atoms with Crippen LogP contribution < -0.4 is 0 Å². The monoisotopic (exact) mass is 270 g/mol. The first-order valence-electron chi connectivity index (χ1n) is 7.01. The minimum atomic E-state index is -0.0910. The van der Waals surface area contributed by atoms with Crippen LogP contribution in [0, 0.1) is 5.92 Å². The van der Waals surface area contributed by atoms with E-state index in [0.29, 0.717) is 6.61 Å². The Morgan fingerprint density at radius 2 is 2.20 bits per heavy atom. The van der Waals surface area contributed by atoms with Gasteiger partial charge in [0.05, 0.1) is 12.5 Å². The standard InChI is InChI=1S/C16H18N2O2/c1-2-20-16(19)14-10-13(14)15-17-8-9-18(15)11-12-6-4-3-5-7-12/h3-9,13-14H,2,10-11H2,1H3. The molecule has 104 valence electrons. The fourth-order valence-corrected chi connectivity index (χ4v) is 2.55. The highest BCUT2D eigenvalue weighted by Gasteiger charge is 2.47. The Balaban J connectivity index is 1.71. The Morgan fingerprint density at radius 3 is 2.95 bits per heavy atom. The molecule has 1 heterocycles. The van der Waals surface area contributed by atoms with Gasteiger partial charge in [0, 0.05) is 24.9 Å². The average Bonchev–Trinajstić information content (AvgIpc) is 3.13. The molecule has 0 radical (unpaired) electrons. The van der Waals surface area contributed by atoms with Crippen LogP contribution >= 0.6 is 0 Å². The third-order valence-corrected chi connectivity index (χ3v) is 3.65. The summed E-state index contributed by atoms with van der Waals surface area (Å²) in [5, 5.41) is 0. The van der Waals surface area contributed by atoms with E-state index in [1.807, 2.05) is 31.3 Å². The van der Waals surface area contributed by atoms with Gasteiger partial charge >= 0.3 is 5.97 Å². The van der Waals surface area contributed by atoms with Gasteiger partial charge in [0.1, 0.15) is 5.82 Å². The van der Waals surface area contributed by atoms with Gasteiger partial charge in [0.25, 0.3) is 0 Å². The molecule has 2 aromatic rings. The predicted molar refractivity (Wildman–Crippen MR) is 75.3 cm³/mol. The summed E-state index contributed by atoms with van der Waals surface area (Å²) in [4.78, 5) is 16.1. The number of imidazole rings is 1. The summed E-state index contributed by atoms with van der Waals surface area (Å²) in [6, 6.07) is 10.3. The molecular formula is C16H18N2O2. The summed E-state index contributed by atoms with van der Waals surface area (Å²) in [5.41, 5.74) is 1.24. The van der Waals surface area contributed by atoms with Gasteiger partial charge in [-0.2, -0.15) is 0 Å². The smallest absolute Gasteiger partial charge is 0.309 e. The predicted octanol–water partition coefficient (Wildman–Crippen LogP) is 2.60. The van der Waals surface area contributed by atoms with E-state index in [4.69, 9.17) is 4.74 Å². The van der Waals surface area contributed by atoms with Crippen LogP contribution in [-0.4, -0.2) is 22.1 Å². The van der Waals surface area contributed by atoms with Gasteiger partial charge < -0.3 is 9.30 Å². The molecule has 4 nitrogen and oxygen atoms in total. The number of hydrogen-bond acceptors (Lipinski definition) is 3. The highest BCUT2D eigenvalue weighted by Crippen LogP contribution is 2.47. The number of aromatic nitrogens is 2. The number of nitrogens with zero attached hydrogens (tertiary/aromatic N) is 2. The molecule has 1 aromatic heterocycles. The molecule has 0 bridgehead atoms. The van der Waals surface area contributed by atoms with Gasteiger partial charge in [-0.25, -0.2) is 4.98 Å². The number of benzene rings is 1. The average molecular weight is 270 g/mol. The topological polar surface area (TPSA) is 44.1 Å². The van der Waals surface area contributed by atoms with Crippen molar-refractivity contribution in [3.63, 3.8) is 0 Å². The van der Waals surface area contributed by atoms with E-state index in [1.54, 1.807) is 6.20 Å². The number of rotatable bonds is 5. The zero-order valence-corrected chi connectivity index (χ0v) is 11.5. The van der Waals surface area contributed by atoms with E-state index in [-0.39, 0.29) is 17.8 Å². The summed E-state index contributed by atoms with van der Waals surface area (Å²) in [6.45, 7) is 3.08. The van der Waals surface area contributed by atoms with E-state index in [2.05, 4.69) is 21.7 Å². The van der Waals surface area contributed by atoms with Crippen molar-refractivity contribution in [2.45, 2.75) is 25.8 Å². The van der Waals surface area contributed by atoms with E-state index in [1.165, 1.54) is 5.56 Å². The molecule has 2 unspecified atom stereocenters. The Kier molecular flexibility index (Phi) is 3.54. The number of ether oxygens (including phenoxy) is 1. The lowest BCUT2D eigenvalue weighted by molar-refractivity contribution is -0.144. The lowest BCUT2D eigenvalue weighted by atomic mass is 10.2. The second-order valence-corrected chi connectivity index (χ2v) is 5.10. The number of carbonyl (C=O) groups is 1. The lowest BCUT2D eigenvalue weighted by Gasteiger charge is -2.07. The van der Waals surface area contributed by atoms with Gasteiger partial charge in [-0.1, -0.05) is 30.3 Å². The second kappa shape index (κ2) is 5.49. The van der Waals surface area contributed by atoms with Crippen molar-refractivity contribution >= 4 is 5.97 Å². The molecule has 0 spiro atoms. The van der Waals surface area contributed by atoms with Crippen LogP contribution in [0.4, 0.5) is 0 Å². The normalized spacial score (nSPS) is 20.6. The minimum Gasteiger partial charge on any atom is -0.466 e. The Hall–Kier alpha value is -2.10. The third-order valence-electron chi connectivity index (χ3n) is 3.65. The Labute approximate surface area is 118 Å². The van der Waals surface area contributed by atoms with Crippen molar-refractivity contribution in [1.82, 2.24) is 9.55 Å². The summed E-state index contributed by atoms with van der Waals surface area (Å²) in [6.07, 6.45) is 4.63. The third kappa shape index (κ3) is 2.59. The van der Waals surface area contributed by atoms with Gasteiger partial charge in [0.15, 0.2) is 0 Å². The highest BCUT2D eigenvalue weighted by atomic mass is 16.5. The largest absolute Gasteiger partial charge is 0.466 e. The van der Waals surface area contributed by atoms with Crippen molar-refractivity contribution < 1.29 is 9.53 Å². The molecule has 1 aliphatic rings. The second-order valence-electron chi connectivity index (χ2n) is 5.10.